The number of fused-ring (bicyclic) bond motifs is 1. The summed E-state index contributed by atoms with van der Waals surface area (Å²) in [6, 6.07) is 17.6. The molecule has 0 heterocycles. The highest BCUT2D eigenvalue weighted by atomic mass is 19.4. The summed E-state index contributed by atoms with van der Waals surface area (Å²) in [4.78, 5) is 26.0. The van der Waals surface area contributed by atoms with E-state index in [1.807, 2.05) is 30.3 Å². The van der Waals surface area contributed by atoms with E-state index in [9.17, 15) is 22.8 Å². The molecule has 3 aromatic carbocycles. The van der Waals surface area contributed by atoms with Crippen molar-refractivity contribution in [2.24, 2.45) is 0 Å². The van der Waals surface area contributed by atoms with Gasteiger partial charge in [-0.25, -0.2) is 0 Å². The van der Waals surface area contributed by atoms with Crippen LogP contribution in [0.3, 0.4) is 0 Å². The molecule has 0 bridgehead atoms. The van der Waals surface area contributed by atoms with Crippen molar-refractivity contribution in [1.29, 1.82) is 0 Å². The zero-order chi connectivity index (χ0) is 21.0. The number of amides is 2. The zero-order valence-corrected chi connectivity index (χ0v) is 15.4. The number of halogens is 3. The first-order valence-electron chi connectivity index (χ1n) is 8.61. The Morgan fingerprint density at radius 3 is 2.28 bits per heavy atom. The summed E-state index contributed by atoms with van der Waals surface area (Å²) in [5.74, 6) is -1.19. The molecule has 0 radical (unpaired) electrons. The Labute approximate surface area is 164 Å². The number of rotatable bonds is 5. The average Bonchev–Trinajstić information content (AvgIpc) is 2.67. The quantitative estimate of drug-likeness (QED) is 0.686. The second kappa shape index (κ2) is 8.22. The van der Waals surface area contributed by atoms with Gasteiger partial charge in [0.15, 0.2) is 0 Å². The van der Waals surface area contributed by atoms with Crippen molar-refractivity contribution in [3.05, 3.63) is 72.3 Å². The van der Waals surface area contributed by atoms with E-state index in [4.69, 9.17) is 0 Å². The van der Waals surface area contributed by atoms with Crippen molar-refractivity contribution < 1.29 is 27.5 Å². The molecule has 0 aliphatic heterocycles. The van der Waals surface area contributed by atoms with Gasteiger partial charge in [-0.3, -0.25) is 9.59 Å². The number of anilines is 1. The average molecular weight is 402 g/mol. The maximum Gasteiger partial charge on any atom is 0.573 e. The van der Waals surface area contributed by atoms with Crippen LogP contribution in [0.15, 0.2) is 66.7 Å². The van der Waals surface area contributed by atoms with Crippen LogP contribution >= 0.6 is 0 Å². The fraction of sp³-hybridized carbons (Fsp3) is 0.143. The second-order valence-corrected chi connectivity index (χ2v) is 6.34. The summed E-state index contributed by atoms with van der Waals surface area (Å²) in [6.07, 6.45) is -4.78. The molecule has 0 aromatic heterocycles. The molecule has 0 aliphatic rings. The predicted octanol–water partition coefficient (Wildman–Crippen LogP) is 4.45. The fourth-order valence-corrected chi connectivity index (χ4v) is 2.77. The summed E-state index contributed by atoms with van der Waals surface area (Å²) in [6.45, 7) is -0.216. The third-order valence-corrected chi connectivity index (χ3v) is 4.10. The third kappa shape index (κ3) is 5.47. The van der Waals surface area contributed by atoms with Gasteiger partial charge in [0.25, 0.3) is 5.91 Å². The van der Waals surface area contributed by atoms with Gasteiger partial charge in [0.05, 0.1) is 6.54 Å². The van der Waals surface area contributed by atoms with Gasteiger partial charge in [0, 0.05) is 18.3 Å². The molecule has 0 saturated carbocycles. The van der Waals surface area contributed by atoms with Crippen LogP contribution in [0, 0.1) is 0 Å². The summed E-state index contributed by atoms with van der Waals surface area (Å²) in [5, 5.41) is 4.45. The molecule has 0 saturated heterocycles. The van der Waals surface area contributed by atoms with Gasteiger partial charge in [-0.2, -0.15) is 0 Å². The van der Waals surface area contributed by atoms with E-state index in [0.29, 0.717) is 5.56 Å². The van der Waals surface area contributed by atoms with E-state index >= 15 is 0 Å². The highest BCUT2D eigenvalue weighted by molar-refractivity contribution is 6.01. The predicted molar refractivity (Wildman–Crippen MR) is 103 cm³/mol. The molecule has 0 atom stereocenters. The minimum atomic E-state index is -4.78. The molecule has 0 fully saturated rings. The Balaban J connectivity index is 1.60. The lowest BCUT2D eigenvalue weighted by molar-refractivity contribution is -0.274. The van der Waals surface area contributed by atoms with E-state index in [2.05, 4.69) is 10.1 Å². The SMILES string of the molecule is CN(CC(=O)Nc1ccc(OC(F)(F)F)cc1)C(=O)c1ccc2ccccc2c1. The largest absolute Gasteiger partial charge is 0.573 e. The van der Waals surface area contributed by atoms with E-state index in [0.717, 1.165) is 22.9 Å². The Hall–Kier alpha value is -3.55. The van der Waals surface area contributed by atoms with Crippen LogP contribution in [0.4, 0.5) is 18.9 Å². The van der Waals surface area contributed by atoms with Crippen molar-refractivity contribution in [1.82, 2.24) is 4.90 Å². The van der Waals surface area contributed by atoms with Gasteiger partial charge in [-0.05, 0) is 47.2 Å². The molecular formula is C21H17F3N2O3. The molecule has 2 amide bonds. The Bertz CT molecular complexity index is 1030. The summed E-state index contributed by atoms with van der Waals surface area (Å²) >= 11 is 0. The lowest BCUT2D eigenvalue weighted by Crippen LogP contribution is -2.34. The lowest BCUT2D eigenvalue weighted by atomic mass is 10.1. The molecule has 1 N–H and O–H groups in total. The Morgan fingerprint density at radius 2 is 1.62 bits per heavy atom. The van der Waals surface area contributed by atoms with Crippen molar-refractivity contribution >= 4 is 28.3 Å². The number of benzene rings is 3. The molecule has 8 heteroatoms. The molecule has 3 rings (SSSR count). The molecule has 0 unspecified atom stereocenters. The van der Waals surface area contributed by atoms with Crippen LogP contribution in [0.25, 0.3) is 10.8 Å². The summed E-state index contributed by atoms with van der Waals surface area (Å²) < 4.78 is 40.3. The number of nitrogens with zero attached hydrogens (tertiary/aromatic N) is 1. The van der Waals surface area contributed by atoms with Crippen molar-refractivity contribution in [2.45, 2.75) is 6.36 Å². The van der Waals surface area contributed by atoms with Crippen molar-refractivity contribution in [2.75, 3.05) is 18.9 Å². The monoisotopic (exact) mass is 402 g/mol. The van der Waals surface area contributed by atoms with Gasteiger partial charge < -0.3 is 15.0 Å². The van der Waals surface area contributed by atoms with Crippen LogP contribution in [0.5, 0.6) is 5.75 Å². The lowest BCUT2D eigenvalue weighted by Gasteiger charge is -2.17. The molecular weight excluding hydrogens is 385 g/mol. The number of hydrogen-bond donors (Lipinski definition) is 1. The van der Waals surface area contributed by atoms with Crippen molar-refractivity contribution in [3.8, 4) is 5.75 Å². The highest BCUT2D eigenvalue weighted by Gasteiger charge is 2.31. The van der Waals surface area contributed by atoms with Crippen molar-refractivity contribution in [3.63, 3.8) is 0 Å². The van der Waals surface area contributed by atoms with Crippen LogP contribution in [-0.4, -0.2) is 36.7 Å². The zero-order valence-electron chi connectivity index (χ0n) is 15.4. The van der Waals surface area contributed by atoms with Crippen LogP contribution in [0.1, 0.15) is 10.4 Å². The summed E-state index contributed by atoms with van der Waals surface area (Å²) in [7, 11) is 1.50. The maximum atomic E-state index is 12.6. The minimum absolute atomic E-state index is 0.216. The topological polar surface area (TPSA) is 58.6 Å². The maximum absolute atomic E-state index is 12.6. The number of ether oxygens (including phenoxy) is 1. The second-order valence-electron chi connectivity index (χ2n) is 6.34. The van der Waals surface area contributed by atoms with Gasteiger partial charge in [0.2, 0.25) is 5.91 Å². The van der Waals surface area contributed by atoms with Crippen LogP contribution in [-0.2, 0) is 4.79 Å². The number of hydrogen-bond acceptors (Lipinski definition) is 3. The standard InChI is InChI=1S/C21H17F3N2O3/c1-26(20(28)16-7-6-14-4-2-3-5-15(14)12-16)13-19(27)25-17-8-10-18(11-9-17)29-21(22,23)24/h2-12H,13H2,1H3,(H,25,27). The van der Waals surface area contributed by atoms with Gasteiger partial charge in [-0.15, -0.1) is 13.2 Å². The molecule has 5 nitrogen and oxygen atoms in total. The minimum Gasteiger partial charge on any atom is -0.406 e. The van der Waals surface area contributed by atoms with Gasteiger partial charge in [0.1, 0.15) is 5.75 Å². The number of nitrogens with one attached hydrogen (secondary N) is 1. The number of carbonyl (C=O) groups is 2. The first kappa shape index (κ1) is 20.2. The van der Waals surface area contributed by atoms with E-state index in [-0.39, 0.29) is 23.9 Å². The smallest absolute Gasteiger partial charge is 0.406 e. The fourth-order valence-electron chi connectivity index (χ4n) is 2.77. The molecule has 0 aliphatic carbocycles. The number of likely N-dealkylation sites (N-methyl/N-ethyl adjacent to an activating group) is 1. The van der Waals surface area contributed by atoms with E-state index in [1.54, 1.807) is 12.1 Å². The van der Waals surface area contributed by atoms with Gasteiger partial charge >= 0.3 is 6.36 Å². The molecule has 29 heavy (non-hydrogen) atoms. The normalized spacial score (nSPS) is 11.2. The van der Waals surface area contributed by atoms with Crippen LogP contribution in [0.2, 0.25) is 0 Å². The molecule has 0 spiro atoms. The molecule has 150 valence electrons. The first-order valence-corrected chi connectivity index (χ1v) is 8.61. The highest BCUT2D eigenvalue weighted by Crippen LogP contribution is 2.24. The Kier molecular flexibility index (Phi) is 5.72. The summed E-state index contributed by atoms with van der Waals surface area (Å²) in [5.41, 5.74) is 0.740. The number of alkyl halides is 3. The van der Waals surface area contributed by atoms with E-state index in [1.165, 1.54) is 24.1 Å². The van der Waals surface area contributed by atoms with Crippen LogP contribution < -0.4 is 10.1 Å². The molecule has 3 aromatic rings. The third-order valence-electron chi connectivity index (χ3n) is 4.10. The first-order chi connectivity index (χ1) is 13.7. The van der Waals surface area contributed by atoms with Gasteiger partial charge in [-0.1, -0.05) is 30.3 Å². The Morgan fingerprint density at radius 1 is 0.966 bits per heavy atom. The van der Waals surface area contributed by atoms with E-state index < -0.39 is 12.3 Å². The number of carbonyl (C=O) groups excluding carboxylic acids is 2.